The maximum atomic E-state index is 11.6. The molecule has 1 rings (SSSR count). The molecule has 1 amide bonds. The smallest absolute Gasteiger partial charge is 0.407 e. The van der Waals surface area contributed by atoms with E-state index in [0.29, 0.717) is 24.9 Å². The number of esters is 1. The fourth-order valence-corrected chi connectivity index (χ4v) is 2.96. The molecule has 0 fully saturated rings. The van der Waals surface area contributed by atoms with Crippen LogP contribution in [0.2, 0.25) is 0 Å². The molecule has 1 aromatic heterocycles. The third kappa shape index (κ3) is 6.58. The second kappa shape index (κ2) is 8.31. The molecule has 1 atom stereocenters. The molecule has 0 saturated heterocycles. The maximum Gasteiger partial charge on any atom is 0.407 e. The van der Waals surface area contributed by atoms with Crippen LogP contribution in [-0.4, -0.2) is 36.4 Å². The second-order valence-electron chi connectivity index (χ2n) is 6.20. The predicted octanol–water partition coefficient (Wildman–Crippen LogP) is 3.18. The lowest BCUT2D eigenvalue weighted by molar-refractivity contribution is 0.0522. The van der Waals surface area contributed by atoms with Crippen LogP contribution in [0.5, 0.6) is 0 Å². The van der Waals surface area contributed by atoms with Crippen molar-refractivity contribution in [3.05, 3.63) is 21.4 Å². The quantitative estimate of drug-likeness (QED) is 0.612. The van der Waals surface area contributed by atoms with E-state index in [9.17, 15) is 14.7 Å². The summed E-state index contributed by atoms with van der Waals surface area (Å²) in [5.41, 5.74) is -0.0408. The fourth-order valence-electron chi connectivity index (χ4n) is 1.92. The zero-order valence-corrected chi connectivity index (χ0v) is 15.1. The molecule has 0 aliphatic rings. The van der Waals surface area contributed by atoms with Gasteiger partial charge in [0.2, 0.25) is 0 Å². The lowest BCUT2D eigenvalue weighted by Gasteiger charge is -2.19. The van der Waals surface area contributed by atoms with E-state index in [2.05, 4.69) is 5.32 Å². The van der Waals surface area contributed by atoms with Crippen molar-refractivity contribution in [1.29, 1.82) is 0 Å². The Morgan fingerprint density at radius 3 is 2.61 bits per heavy atom. The van der Waals surface area contributed by atoms with Crippen molar-refractivity contribution in [3.8, 4) is 0 Å². The van der Waals surface area contributed by atoms with Crippen LogP contribution >= 0.6 is 11.3 Å². The standard InChI is InChI=1S/C16H25NO5S/c1-10-11(14(19)21-5)9-13(23-10)12(18)7-6-8-17-15(20)22-16(2,3)4/h9,12,18H,6-8H2,1-5H3,(H,17,20). The van der Waals surface area contributed by atoms with Gasteiger partial charge in [0.05, 0.1) is 18.8 Å². The molecule has 7 heteroatoms. The summed E-state index contributed by atoms with van der Waals surface area (Å²) >= 11 is 1.38. The number of aliphatic hydroxyl groups is 1. The molecule has 0 radical (unpaired) electrons. The largest absolute Gasteiger partial charge is 0.465 e. The van der Waals surface area contributed by atoms with E-state index in [1.807, 2.05) is 6.92 Å². The molecule has 23 heavy (non-hydrogen) atoms. The van der Waals surface area contributed by atoms with E-state index >= 15 is 0 Å². The summed E-state index contributed by atoms with van der Waals surface area (Å²) in [7, 11) is 1.33. The number of alkyl carbamates (subject to hydrolysis) is 1. The molecule has 0 aliphatic heterocycles. The average Bonchev–Trinajstić information content (AvgIpc) is 2.82. The van der Waals surface area contributed by atoms with Gasteiger partial charge in [0.1, 0.15) is 5.60 Å². The number of carbonyl (C=O) groups excluding carboxylic acids is 2. The Morgan fingerprint density at radius 2 is 2.04 bits per heavy atom. The van der Waals surface area contributed by atoms with Gasteiger partial charge < -0.3 is 19.9 Å². The Labute approximate surface area is 140 Å². The zero-order chi connectivity index (χ0) is 17.6. The Bertz CT molecular complexity index is 547. The number of methoxy groups -OCH3 is 1. The van der Waals surface area contributed by atoms with Gasteiger partial charge in [0.15, 0.2) is 0 Å². The fraction of sp³-hybridized carbons (Fsp3) is 0.625. The van der Waals surface area contributed by atoms with Crippen molar-refractivity contribution < 1.29 is 24.2 Å². The number of amides is 1. The molecule has 0 aromatic carbocycles. The summed E-state index contributed by atoms with van der Waals surface area (Å²) < 4.78 is 9.82. The number of hydrogen-bond donors (Lipinski definition) is 2. The Balaban J connectivity index is 2.41. The minimum atomic E-state index is -0.669. The second-order valence-corrected chi connectivity index (χ2v) is 7.48. The number of carbonyl (C=O) groups is 2. The SMILES string of the molecule is COC(=O)c1cc(C(O)CCCNC(=O)OC(C)(C)C)sc1C. The van der Waals surface area contributed by atoms with Crippen LogP contribution in [-0.2, 0) is 9.47 Å². The van der Waals surface area contributed by atoms with Gasteiger partial charge in [-0.05, 0) is 46.6 Å². The first-order chi connectivity index (χ1) is 10.6. The highest BCUT2D eigenvalue weighted by molar-refractivity contribution is 7.12. The Hall–Kier alpha value is -1.60. The van der Waals surface area contributed by atoms with Gasteiger partial charge in [-0.2, -0.15) is 0 Å². The molecule has 1 unspecified atom stereocenters. The highest BCUT2D eigenvalue weighted by Crippen LogP contribution is 2.29. The van der Waals surface area contributed by atoms with Gasteiger partial charge in [-0.15, -0.1) is 11.3 Å². The minimum absolute atomic E-state index is 0.399. The lowest BCUT2D eigenvalue weighted by Crippen LogP contribution is -2.33. The van der Waals surface area contributed by atoms with Crippen LogP contribution in [0, 0.1) is 6.92 Å². The van der Waals surface area contributed by atoms with Crippen molar-refractivity contribution in [3.63, 3.8) is 0 Å². The minimum Gasteiger partial charge on any atom is -0.465 e. The monoisotopic (exact) mass is 343 g/mol. The van der Waals surface area contributed by atoms with Crippen molar-refractivity contribution >= 4 is 23.4 Å². The van der Waals surface area contributed by atoms with Crippen LogP contribution in [0.4, 0.5) is 4.79 Å². The van der Waals surface area contributed by atoms with Crippen molar-refractivity contribution in [2.45, 2.75) is 52.2 Å². The van der Waals surface area contributed by atoms with E-state index in [4.69, 9.17) is 9.47 Å². The summed E-state index contributed by atoms with van der Waals surface area (Å²) in [6, 6.07) is 1.66. The predicted molar refractivity (Wildman–Crippen MR) is 88.8 cm³/mol. The molecular formula is C16H25NO5S. The first kappa shape index (κ1) is 19.4. The van der Waals surface area contributed by atoms with Gasteiger partial charge in [0.25, 0.3) is 0 Å². The third-order valence-corrected chi connectivity index (χ3v) is 4.14. The first-order valence-corrected chi connectivity index (χ1v) is 8.29. The number of aliphatic hydroxyl groups excluding tert-OH is 1. The summed E-state index contributed by atoms with van der Waals surface area (Å²) in [5.74, 6) is -0.399. The van der Waals surface area contributed by atoms with Gasteiger partial charge >= 0.3 is 12.1 Å². The summed E-state index contributed by atoms with van der Waals surface area (Å²) in [5, 5.41) is 12.8. The van der Waals surface area contributed by atoms with Crippen LogP contribution in [0.25, 0.3) is 0 Å². The van der Waals surface area contributed by atoms with Crippen molar-refractivity contribution in [1.82, 2.24) is 5.32 Å². The van der Waals surface area contributed by atoms with E-state index in [0.717, 1.165) is 9.75 Å². The number of thiophene rings is 1. The zero-order valence-electron chi connectivity index (χ0n) is 14.3. The molecule has 0 saturated carbocycles. The van der Waals surface area contributed by atoms with Crippen LogP contribution in [0.15, 0.2) is 6.07 Å². The Morgan fingerprint density at radius 1 is 1.39 bits per heavy atom. The molecule has 6 nitrogen and oxygen atoms in total. The number of ether oxygens (including phenoxy) is 2. The topological polar surface area (TPSA) is 84.9 Å². The molecular weight excluding hydrogens is 318 g/mol. The van der Waals surface area contributed by atoms with Crippen LogP contribution in [0.1, 0.15) is 59.8 Å². The molecule has 0 spiro atoms. The number of nitrogens with one attached hydrogen (secondary N) is 1. The van der Waals surface area contributed by atoms with Gasteiger partial charge in [-0.3, -0.25) is 0 Å². The van der Waals surface area contributed by atoms with E-state index in [1.165, 1.54) is 18.4 Å². The van der Waals surface area contributed by atoms with Gasteiger partial charge in [-0.1, -0.05) is 0 Å². The van der Waals surface area contributed by atoms with Crippen molar-refractivity contribution in [2.24, 2.45) is 0 Å². The molecule has 2 N–H and O–H groups in total. The number of hydrogen-bond acceptors (Lipinski definition) is 6. The molecule has 0 bridgehead atoms. The average molecular weight is 343 g/mol. The number of aryl methyl sites for hydroxylation is 1. The first-order valence-electron chi connectivity index (χ1n) is 7.47. The summed E-state index contributed by atoms with van der Waals surface area (Å²) in [6.07, 6.45) is -0.0501. The maximum absolute atomic E-state index is 11.6. The number of rotatable bonds is 6. The van der Waals surface area contributed by atoms with Crippen molar-refractivity contribution in [2.75, 3.05) is 13.7 Å². The van der Waals surface area contributed by atoms with Gasteiger partial charge in [0, 0.05) is 16.3 Å². The van der Waals surface area contributed by atoms with Crippen LogP contribution < -0.4 is 5.32 Å². The van der Waals surface area contributed by atoms with Crippen LogP contribution in [0.3, 0.4) is 0 Å². The molecule has 1 heterocycles. The Kier molecular flexibility index (Phi) is 7.02. The summed E-state index contributed by atoms with van der Waals surface area (Å²) in [6.45, 7) is 7.63. The normalized spacial score (nSPS) is 12.6. The highest BCUT2D eigenvalue weighted by atomic mass is 32.1. The molecule has 1 aromatic rings. The highest BCUT2D eigenvalue weighted by Gasteiger charge is 2.18. The van der Waals surface area contributed by atoms with E-state index < -0.39 is 23.8 Å². The molecule has 130 valence electrons. The van der Waals surface area contributed by atoms with E-state index in [-0.39, 0.29) is 0 Å². The third-order valence-electron chi connectivity index (χ3n) is 2.99. The van der Waals surface area contributed by atoms with E-state index in [1.54, 1.807) is 26.8 Å². The molecule has 0 aliphatic carbocycles. The van der Waals surface area contributed by atoms with Gasteiger partial charge in [-0.25, -0.2) is 9.59 Å². The lowest BCUT2D eigenvalue weighted by atomic mass is 10.1. The summed E-state index contributed by atoms with van der Waals surface area (Å²) in [4.78, 5) is 24.6.